The topological polar surface area (TPSA) is 53.0 Å². The Labute approximate surface area is 159 Å². The van der Waals surface area contributed by atoms with Crippen LogP contribution in [0.5, 0.6) is 0 Å². The zero-order valence-electron chi connectivity index (χ0n) is 14.7. The number of para-hydroxylation sites is 1. The molecular formula is C22H15F3NO2-. The first-order chi connectivity index (χ1) is 13.4. The van der Waals surface area contributed by atoms with Gasteiger partial charge >= 0.3 is 6.18 Å². The van der Waals surface area contributed by atoms with Crippen LogP contribution in [0.3, 0.4) is 0 Å². The van der Waals surface area contributed by atoms with Crippen molar-refractivity contribution in [2.45, 2.75) is 25.4 Å². The van der Waals surface area contributed by atoms with Crippen LogP contribution in [0.4, 0.5) is 13.2 Å². The molecule has 0 saturated carbocycles. The van der Waals surface area contributed by atoms with Crippen LogP contribution in [-0.2, 0) is 12.6 Å². The zero-order valence-corrected chi connectivity index (χ0v) is 14.7. The average Bonchev–Trinajstić information content (AvgIpc) is 2.66. The van der Waals surface area contributed by atoms with Crippen molar-refractivity contribution in [2.75, 3.05) is 0 Å². The summed E-state index contributed by atoms with van der Waals surface area (Å²) >= 11 is 0. The molecule has 1 aromatic heterocycles. The van der Waals surface area contributed by atoms with Crippen molar-refractivity contribution in [3.8, 4) is 0 Å². The molecule has 0 bridgehead atoms. The maximum atomic E-state index is 13.3. The number of aromatic nitrogens is 1. The van der Waals surface area contributed by atoms with E-state index in [9.17, 15) is 23.1 Å². The molecule has 0 radical (unpaired) electrons. The lowest BCUT2D eigenvalue weighted by Crippen LogP contribution is -2.26. The fraction of sp³-hybridized carbons (Fsp3) is 0.182. The van der Waals surface area contributed by atoms with Crippen molar-refractivity contribution in [2.24, 2.45) is 0 Å². The Morgan fingerprint density at radius 3 is 2.50 bits per heavy atom. The molecule has 0 amide bonds. The van der Waals surface area contributed by atoms with Crippen molar-refractivity contribution in [1.29, 1.82) is 0 Å². The van der Waals surface area contributed by atoms with Gasteiger partial charge in [0.05, 0.1) is 22.7 Å². The van der Waals surface area contributed by atoms with Gasteiger partial charge in [0.1, 0.15) is 0 Å². The second-order valence-corrected chi connectivity index (χ2v) is 6.73. The number of carboxylic acids is 1. The summed E-state index contributed by atoms with van der Waals surface area (Å²) in [4.78, 5) is 16.4. The highest BCUT2D eigenvalue weighted by Gasteiger charge is 2.33. The Kier molecular flexibility index (Phi) is 4.41. The number of fused-ring (bicyclic) bond motifs is 2. The highest BCUT2D eigenvalue weighted by Crippen LogP contribution is 2.38. The van der Waals surface area contributed by atoms with Gasteiger partial charge in [0.25, 0.3) is 0 Å². The molecule has 3 aromatic rings. The fourth-order valence-corrected chi connectivity index (χ4v) is 3.78. The second kappa shape index (κ2) is 6.78. The summed E-state index contributed by atoms with van der Waals surface area (Å²) in [6.45, 7) is 0. The average molecular weight is 382 g/mol. The van der Waals surface area contributed by atoms with Crippen LogP contribution in [0.1, 0.15) is 45.6 Å². The Bertz CT molecular complexity index is 1120. The number of halogens is 3. The van der Waals surface area contributed by atoms with Crippen molar-refractivity contribution in [1.82, 2.24) is 4.98 Å². The number of pyridine rings is 1. The molecule has 2 aromatic carbocycles. The number of rotatable bonds is 2. The lowest BCUT2D eigenvalue weighted by Gasteiger charge is -2.24. The molecular weight excluding hydrogens is 367 g/mol. The molecule has 1 aliphatic carbocycles. The fourth-order valence-electron chi connectivity index (χ4n) is 3.78. The molecule has 3 nitrogen and oxygen atoms in total. The van der Waals surface area contributed by atoms with E-state index in [2.05, 4.69) is 4.98 Å². The molecule has 28 heavy (non-hydrogen) atoms. The van der Waals surface area contributed by atoms with E-state index in [0.717, 1.165) is 6.07 Å². The number of nitrogens with zero attached hydrogens (tertiary/aromatic N) is 1. The quantitative estimate of drug-likeness (QED) is 0.656. The summed E-state index contributed by atoms with van der Waals surface area (Å²) in [6, 6.07) is 12.2. The van der Waals surface area contributed by atoms with Crippen LogP contribution in [0, 0.1) is 0 Å². The van der Waals surface area contributed by atoms with Gasteiger partial charge in [0, 0.05) is 10.9 Å². The van der Waals surface area contributed by atoms with Crippen LogP contribution in [0.15, 0.2) is 48.5 Å². The summed E-state index contributed by atoms with van der Waals surface area (Å²) < 4.78 is 40.0. The lowest BCUT2D eigenvalue weighted by atomic mass is 9.85. The van der Waals surface area contributed by atoms with Crippen LogP contribution < -0.4 is 5.11 Å². The number of hydrogen-bond donors (Lipinski definition) is 0. The van der Waals surface area contributed by atoms with Crippen molar-refractivity contribution < 1.29 is 23.1 Å². The van der Waals surface area contributed by atoms with Gasteiger partial charge in [-0.25, -0.2) is 4.98 Å². The van der Waals surface area contributed by atoms with Crippen LogP contribution in [0.2, 0.25) is 0 Å². The Hall–Kier alpha value is -3.15. The summed E-state index contributed by atoms with van der Waals surface area (Å²) in [5.41, 5.74) is 1.46. The molecule has 0 N–H and O–H groups in total. The van der Waals surface area contributed by atoms with E-state index in [4.69, 9.17) is 0 Å². The van der Waals surface area contributed by atoms with E-state index in [0.29, 0.717) is 47.0 Å². The molecule has 1 aliphatic rings. The maximum absolute atomic E-state index is 13.3. The van der Waals surface area contributed by atoms with Crippen molar-refractivity contribution >= 4 is 28.5 Å². The van der Waals surface area contributed by atoms with Crippen LogP contribution in [0.25, 0.3) is 22.6 Å². The largest absolute Gasteiger partial charge is 0.545 e. The van der Waals surface area contributed by atoms with Gasteiger partial charge in [0.2, 0.25) is 0 Å². The van der Waals surface area contributed by atoms with E-state index in [1.807, 2.05) is 0 Å². The SMILES string of the molecule is O=C([O-])c1c2c(nc3ccccc13)/C(=C/c1ccccc1C(F)(F)F)CCC2. The van der Waals surface area contributed by atoms with Gasteiger partial charge in [-0.3, -0.25) is 0 Å². The van der Waals surface area contributed by atoms with Gasteiger partial charge < -0.3 is 9.90 Å². The van der Waals surface area contributed by atoms with E-state index < -0.39 is 17.7 Å². The molecule has 4 rings (SSSR count). The van der Waals surface area contributed by atoms with Crippen LogP contribution in [-0.4, -0.2) is 11.0 Å². The molecule has 0 spiro atoms. The van der Waals surface area contributed by atoms with Gasteiger partial charge in [-0.15, -0.1) is 0 Å². The number of allylic oxidation sites excluding steroid dienone is 1. The molecule has 1 heterocycles. The van der Waals surface area contributed by atoms with Crippen molar-refractivity contribution in [3.05, 3.63) is 76.5 Å². The summed E-state index contributed by atoms with van der Waals surface area (Å²) in [5.74, 6) is -1.30. The standard InChI is InChI=1S/C22H16F3NO2/c23-22(24,25)17-10-3-1-6-13(17)12-14-7-5-9-16-19(21(27)28)15-8-2-4-11-18(15)26-20(14)16/h1-4,6,8,10-12H,5,7,9H2,(H,27,28)/p-1/b14-12+. The second-order valence-electron chi connectivity index (χ2n) is 6.73. The highest BCUT2D eigenvalue weighted by atomic mass is 19.4. The predicted octanol–water partition coefficient (Wildman–Crippen LogP) is 4.49. The first-order valence-corrected chi connectivity index (χ1v) is 8.86. The van der Waals surface area contributed by atoms with E-state index in [1.54, 1.807) is 30.3 Å². The molecule has 142 valence electrons. The first kappa shape index (κ1) is 18.2. The van der Waals surface area contributed by atoms with Gasteiger partial charge in [-0.05, 0) is 54.2 Å². The molecule has 0 unspecified atom stereocenters. The minimum absolute atomic E-state index is 0.0443. The summed E-state index contributed by atoms with van der Waals surface area (Å²) in [6.07, 6.45) is -1.35. The predicted molar refractivity (Wildman–Crippen MR) is 98.3 cm³/mol. The van der Waals surface area contributed by atoms with Gasteiger partial charge in [-0.2, -0.15) is 13.2 Å². The molecule has 0 aliphatic heterocycles. The Morgan fingerprint density at radius 1 is 1.04 bits per heavy atom. The number of hydrogen-bond acceptors (Lipinski definition) is 3. The molecule has 6 heteroatoms. The van der Waals surface area contributed by atoms with E-state index in [-0.39, 0.29) is 11.1 Å². The third kappa shape index (κ3) is 3.15. The lowest BCUT2D eigenvalue weighted by molar-refractivity contribution is -0.254. The molecule has 0 atom stereocenters. The highest BCUT2D eigenvalue weighted by molar-refractivity contribution is 6.05. The monoisotopic (exact) mass is 382 g/mol. The minimum Gasteiger partial charge on any atom is -0.545 e. The summed E-state index contributed by atoms with van der Waals surface area (Å²) in [7, 11) is 0. The Morgan fingerprint density at radius 2 is 1.75 bits per heavy atom. The number of alkyl halides is 3. The van der Waals surface area contributed by atoms with Crippen LogP contribution >= 0.6 is 0 Å². The van der Waals surface area contributed by atoms with Gasteiger partial charge in [-0.1, -0.05) is 36.4 Å². The zero-order chi connectivity index (χ0) is 19.9. The minimum atomic E-state index is -4.47. The number of benzene rings is 2. The van der Waals surface area contributed by atoms with Crippen molar-refractivity contribution in [3.63, 3.8) is 0 Å². The van der Waals surface area contributed by atoms with Gasteiger partial charge in [0.15, 0.2) is 0 Å². The summed E-state index contributed by atoms with van der Waals surface area (Å²) in [5, 5.41) is 12.3. The molecule has 0 fully saturated rings. The van der Waals surface area contributed by atoms with E-state index in [1.165, 1.54) is 18.2 Å². The number of aromatic carboxylic acids is 1. The smallest absolute Gasteiger partial charge is 0.416 e. The third-order valence-electron chi connectivity index (χ3n) is 4.97. The number of carbonyl (C=O) groups is 1. The third-order valence-corrected chi connectivity index (χ3v) is 4.97. The normalized spacial score (nSPS) is 15.6. The maximum Gasteiger partial charge on any atom is 0.416 e. The first-order valence-electron chi connectivity index (χ1n) is 8.86. The Balaban J connectivity index is 1.96. The number of carboxylic acid groups (broad SMARTS) is 1. The number of carbonyl (C=O) groups excluding carboxylic acids is 1. The molecule has 0 saturated heterocycles. The van der Waals surface area contributed by atoms with E-state index >= 15 is 0 Å².